The summed E-state index contributed by atoms with van der Waals surface area (Å²) in [5.74, 6) is -0.332. The van der Waals surface area contributed by atoms with Gasteiger partial charge in [0, 0.05) is 32.2 Å². The lowest BCUT2D eigenvalue weighted by Gasteiger charge is -2.32. The number of nitrogens with zero attached hydrogens (tertiary/aromatic N) is 3. The molecule has 8 nitrogen and oxygen atoms in total. The Morgan fingerprint density at radius 1 is 1.00 bits per heavy atom. The third-order valence-electron chi connectivity index (χ3n) is 7.09. The Morgan fingerprint density at radius 3 is 2.44 bits per heavy atom. The molecule has 39 heavy (non-hydrogen) atoms. The number of fused-ring (bicyclic) bond motifs is 1. The maximum Gasteiger partial charge on any atom is 0.338 e. The van der Waals surface area contributed by atoms with Crippen LogP contribution in [0.5, 0.6) is 0 Å². The fraction of sp³-hybridized carbons (Fsp3) is 0.323. The third kappa shape index (κ3) is 6.19. The minimum absolute atomic E-state index is 0.177. The van der Waals surface area contributed by atoms with E-state index in [0.717, 1.165) is 29.8 Å². The van der Waals surface area contributed by atoms with Crippen molar-refractivity contribution < 1.29 is 19.1 Å². The first-order valence-electron chi connectivity index (χ1n) is 13.4. The Balaban J connectivity index is 1.43. The quantitative estimate of drug-likeness (QED) is 0.326. The molecular formula is C31H34N4O4. The first kappa shape index (κ1) is 26.6. The SMILES string of the molecule is CCOC(=O)c1ccc2nc(C(=O)NCC(C)N3CCOCC3)n(Cc3ccc(-c4ccccc4)cc3)c2c1. The van der Waals surface area contributed by atoms with Gasteiger partial charge in [-0.2, -0.15) is 0 Å². The number of carbonyl (C=O) groups excluding carboxylic acids is 2. The predicted octanol–water partition coefficient (Wildman–Crippen LogP) is 4.38. The summed E-state index contributed by atoms with van der Waals surface area (Å²) in [6.07, 6.45) is 0. The van der Waals surface area contributed by atoms with Crippen LogP contribution < -0.4 is 5.32 Å². The lowest BCUT2D eigenvalue weighted by atomic mass is 10.0. The van der Waals surface area contributed by atoms with E-state index in [2.05, 4.69) is 58.5 Å². The largest absolute Gasteiger partial charge is 0.462 e. The number of nitrogens with one attached hydrogen (secondary N) is 1. The molecule has 1 aliphatic heterocycles. The van der Waals surface area contributed by atoms with Crippen molar-refractivity contribution >= 4 is 22.9 Å². The molecule has 202 valence electrons. The number of esters is 1. The summed E-state index contributed by atoms with van der Waals surface area (Å²) < 4.78 is 12.5. The Hall–Kier alpha value is -4.01. The van der Waals surface area contributed by atoms with E-state index in [0.29, 0.717) is 55.3 Å². The molecule has 1 aromatic heterocycles. The lowest BCUT2D eigenvalue weighted by Crippen LogP contribution is -2.47. The third-order valence-corrected chi connectivity index (χ3v) is 7.09. The van der Waals surface area contributed by atoms with Crippen LogP contribution in [-0.4, -0.2) is 71.8 Å². The molecule has 1 N–H and O–H groups in total. The highest BCUT2D eigenvalue weighted by Gasteiger charge is 2.22. The summed E-state index contributed by atoms with van der Waals surface area (Å²) in [6, 6.07) is 23.9. The van der Waals surface area contributed by atoms with Gasteiger partial charge in [0.15, 0.2) is 5.82 Å². The maximum absolute atomic E-state index is 13.4. The first-order chi connectivity index (χ1) is 19.0. The molecule has 1 unspecified atom stereocenters. The molecule has 3 aromatic carbocycles. The van der Waals surface area contributed by atoms with Crippen LogP contribution >= 0.6 is 0 Å². The molecule has 4 aromatic rings. The van der Waals surface area contributed by atoms with Crippen LogP contribution in [0.3, 0.4) is 0 Å². The highest BCUT2D eigenvalue weighted by atomic mass is 16.5. The Labute approximate surface area is 228 Å². The Bertz CT molecular complexity index is 1430. The van der Waals surface area contributed by atoms with Crippen molar-refractivity contribution in [3.05, 3.63) is 89.7 Å². The van der Waals surface area contributed by atoms with Gasteiger partial charge in [-0.25, -0.2) is 9.78 Å². The van der Waals surface area contributed by atoms with Gasteiger partial charge in [-0.3, -0.25) is 9.69 Å². The second-order valence-electron chi connectivity index (χ2n) is 9.72. The monoisotopic (exact) mass is 526 g/mol. The molecule has 0 saturated carbocycles. The van der Waals surface area contributed by atoms with Gasteiger partial charge in [-0.1, -0.05) is 54.6 Å². The number of benzene rings is 3. The molecule has 0 bridgehead atoms. The summed E-state index contributed by atoms with van der Waals surface area (Å²) in [7, 11) is 0. The normalized spacial score (nSPS) is 14.7. The van der Waals surface area contributed by atoms with E-state index in [1.807, 2.05) is 22.8 Å². The van der Waals surface area contributed by atoms with Crippen LogP contribution in [0.2, 0.25) is 0 Å². The van der Waals surface area contributed by atoms with E-state index in [1.54, 1.807) is 25.1 Å². The van der Waals surface area contributed by atoms with Crippen molar-refractivity contribution in [2.75, 3.05) is 39.5 Å². The van der Waals surface area contributed by atoms with Gasteiger partial charge in [0.25, 0.3) is 5.91 Å². The van der Waals surface area contributed by atoms with Crippen molar-refractivity contribution in [1.82, 2.24) is 19.8 Å². The van der Waals surface area contributed by atoms with Gasteiger partial charge in [0.1, 0.15) is 0 Å². The van der Waals surface area contributed by atoms with E-state index in [1.165, 1.54) is 0 Å². The van der Waals surface area contributed by atoms with Gasteiger partial charge < -0.3 is 19.4 Å². The van der Waals surface area contributed by atoms with E-state index in [-0.39, 0.29) is 11.9 Å². The van der Waals surface area contributed by atoms with Crippen molar-refractivity contribution in [3.8, 4) is 11.1 Å². The van der Waals surface area contributed by atoms with Crippen LogP contribution in [-0.2, 0) is 16.0 Å². The number of hydrogen-bond acceptors (Lipinski definition) is 6. The average molecular weight is 527 g/mol. The maximum atomic E-state index is 13.4. The van der Waals surface area contributed by atoms with Crippen LogP contribution in [0, 0.1) is 0 Å². The zero-order valence-electron chi connectivity index (χ0n) is 22.4. The highest BCUT2D eigenvalue weighted by molar-refractivity contribution is 5.98. The molecule has 0 radical (unpaired) electrons. The van der Waals surface area contributed by atoms with Crippen LogP contribution in [0.1, 0.15) is 40.4 Å². The average Bonchev–Trinajstić information content (AvgIpc) is 3.34. The molecule has 1 saturated heterocycles. The number of rotatable bonds is 9. The van der Waals surface area contributed by atoms with E-state index in [9.17, 15) is 9.59 Å². The first-order valence-corrected chi connectivity index (χ1v) is 13.4. The zero-order valence-corrected chi connectivity index (χ0v) is 22.4. The molecule has 1 amide bonds. The minimum Gasteiger partial charge on any atom is -0.462 e. The lowest BCUT2D eigenvalue weighted by molar-refractivity contribution is 0.0204. The van der Waals surface area contributed by atoms with Crippen LogP contribution in [0.25, 0.3) is 22.2 Å². The summed E-state index contributed by atoms with van der Waals surface area (Å²) in [5, 5.41) is 3.08. The van der Waals surface area contributed by atoms with Crippen molar-refractivity contribution in [1.29, 1.82) is 0 Å². The van der Waals surface area contributed by atoms with Gasteiger partial charge in [0.2, 0.25) is 0 Å². The van der Waals surface area contributed by atoms with Crippen LogP contribution in [0.4, 0.5) is 0 Å². The van der Waals surface area contributed by atoms with Crippen LogP contribution in [0.15, 0.2) is 72.8 Å². The van der Waals surface area contributed by atoms with Gasteiger partial charge >= 0.3 is 5.97 Å². The smallest absolute Gasteiger partial charge is 0.338 e. The molecule has 1 fully saturated rings. The Kier molecular flexibility index (Phi) is 8.34. The van der Waals surface area contributed by atoms with Gasteiger partial charge in [0.05, 0.1) is 36.4 Å². The molecule has 0 spiro atoms. The topological polar surface area (TPSA) is 85.7 Å². The van der Waals surface area contributed by atoms with E-state index < -0.39 is 5.97 Å². The standard InChI is InChI=1S/C31H34N4O4/c1-3-39-31(37)26-13-14-27-28(19-26)35(21-23-9-11-25(12-10-23)24-7-5-4-6-8-24)29(33-27)30(36)32-20-22(2)34-15-17-38-18-16-34/h4-14,19,22H,3,15-18,20-21H2,1-2H3,(H,32,36). The number of aromatic nitrogens is 2. The molecule has 5 rings (SSSR count). The van der Waals surface area contributed by atoms with Gasteiger partial charge in [-0.05, 0) is 48.7 Å². The fourth-order valence-electron chi connectivity index (χ4n) is 4.88. The Morgan fingerprint density at radius 2 is 1.72 bits per heavy atom. The van der Waals surface area contributed by atoms with Crippen molar-refractivity contribution in [2.24, 2.45) is 0 Å². The molecule has 1 aliphatic rings. The molecule has 8 heteroatoms. The number of carbonyl (C=O) groups is 2. The minimum atomic E-state index is -0.398. The summed E-state index contributed by atoms with van der Waals surface area (Å²) in [6.45, 7) is 8.23. The number of amides is 1. The summed E-state index contributed by atoms with van der Waals surface area (Å²) in [5.41, 5.74) is 5.07. The van der Waals surface area contributed by atoms with E-state index >= 15 is 0 Å². The van der Waals surface area contributed by atoms with Crippen molar-refractivity contribution in [2.45, 2.75) is 26.4 Å². The predicted molar refractivity (Wildman–Crippen MR) is 151 cm³/mol. The number of ether oxygens (including phenoxy) is 2. The summed E-state index contributed by atoms with van der Waals surface area (Å²) >= 11 is 0. The number of imidazole rings is 1. The molecular weight excluding hydrogens is 492 g/mol. The second kappa shape index (κ2) is 12.2. The fourth-order valence-corrected chi connectivity index (χ4v) is 4.88. The zero-order chi connectivity index (χ0) is 27.2. The molecule has 2 heterocycles. The second-order valence-corrected chi connectivity index (χ2v) is 9.72. The summed E-state index contributed by atoms with van der Waals surface area (Å²) in [4.78, 5) is 32.9. The van der Waals surface area contributed by atoms with Gasteiger partial charge in [-0.15, -0.1) is 0 Å². The number of morpholine rings is 1. The number of hydrogen-bond donors (Lipinski definition) is 1. The van der Waals surface area contributed by atoms with Crippen molar-refractivity contribution in [3.63, 3.8) is 0 Å². The van der Waals surface area contributed by atoms with E-state index in [4.69, 9.17) is 9.47 Å². The molecule has 1 atom stereocenters. The highest BCUT2D eigenvalue weighted by Crippen LogP contribution is 2.23. The molecule has 0 aliphatic carbocycles.